The van der Waals surface area contributed by atoms with Crippen LogP contribution in [0.2, 0.25) is 0 Å². The Balaban J connectivity index is 2.31. The number of carbonyl (C=O) groups is 1. The quantitative estimate of drug-likeness (QED) is 0.212. The lowest BCUT2D eigenvalue weighted by molar-refractivity contribution is -0.253. The van der Waals surface area contributed by atoms with Gasteiger partial charge in [0.2, 0.25) is 0 Å². The van der Waals surface area contributed by atoms with Crippen molar-refractivity contribution in [1.29, 1.82) is 0 Å². The second-order valence-electron chi connectivity index (χ2n) is 8.87. The first-order chi connectivity index (χ1) is 20.0. The van der Waals surface area contributed by atoms with E-state index in [1.165, 1.54) is 24.3 Å². The lowest BCUT2D eigenvalue weighted by atomic mass is 9.77. The normalized spacial score (nSPS) is 13.4. The van der Waals surface area contributed by atoms with Gasteiger partial charge in [-0.15, -0.1) is 0 Å². The van der Waals surface area contributed by atoms with Crippen molar-refractivity contribution in [3.8, 4) is 17.2 Å². The molecule has 2 N–H and O–H groups in total. The molecule has 2 amide bonds. The molecule has 0 radical (unpaired) electrons. The fourth-order valence-corrected chi connectivity index (χ4v) is 4.08. The smallest absolute Gasteiger partial charge is 0.461 e. The van der Waals surface area contributed by atoms with E-state index in [9.17, 15) is 48.7 Å². The van der Waals surface area contributed by atoms with Gasteiger partial charge in [-0.2, -0.15) is 39.5 Å². The molecule has 16 heteroatoms. The molecular weight excluding hydrogens is 606 g/mol. The predicted molar refractivity (Wildman–Crippen MR) is 131 cm³/mol. The van der Waals surface area contributed by atoms with Gasteiger partial charge in [0.1, 0.15) is 18.1 Å². The summed E-state index contributed by atoms with van der Waals surface area (Å²) in [5, 5.41) is 3.86. The summed E-state index contributed by atoms with van der Waals surface area (Å²) in [6.45, 7) is -5.12. The molecule has 0 saturated carbocycles. The number of hydrogen-bond donors (Lipinski definition) is 2. The molecule has 0 aliphatic rings. The third kappa shape index (κ3) is 8.81. The first-order valence-corrected chi connectivity index (χ1v) is 12.0. The number of ether oxygens (including phenoxy) is 3. The molecule has 0 aliphatic heterocycles. The van der Waals surface area contributed by atoms with E-state index in [0.29, 0.717) is 23.8 Å². The largest absolute Gasteiger partial charge is 0.493 e. The summed E-state index contributed by atoms with van der Waals surface area (Å²) in [6.07, 6.45) is -14.7. The third-order valence-electron chi connectivity index (χ3n) is 5.83. The van der Waals surface area contributed by atoms with Gasteiger partial charge in [-0.1, -0.05) is 36.4 Å². The number of amides is 2. The Bertz CT molecular complexity index is 1390. The third-order valence-corrected chi connectivity index (χ3v) is 5.83. The van der Waals surface area contributed by atoms with E-state index in [4.69, 9.17) is 4.74 Å². The van der Waals surface area contributed by atoms with Crippen molar-refractivity contribution in [3.05, 3.63) is 89.2 Å². The Labute approximate surface area is 237 Å². The number of benzene rings is 3. The van der Waals surface area contributed by atoms with Crippen LogP contribution in [0.5, 0.6) is 17.2 Å². The van der Waals surface area contributed by atoms with Gasteiger partial charge in [0, 0.05) is 12.5 Å². The summed E-state index contributed by atoms with van der Waals surface area (Å²) in [5.41, 5.74) is -2.49. The van der Waals surface area contributed by atoms with Crippen LogP contribution < -0.4 is 24.8 Å². The molecule has 0 aromatic heterocycles. The molecular formula is C27H22F10N2O4. The van der Waals surface area contributed by atoms with Crippen LogP contribution >= 0.6 is 0 Å². The zero-order valence-electron chi connectivity index (χ0n) is 21.8. The van der Waals surface area contributed by atoms with Gasteiger partial charge in [0.25, 0.3) is 0 Å². The van der Waals surface area contributed by atoms with Crippen molar-refractivity contribution >= 4 is 6.03 Å². The molecule has 0 bridgehead atoms. The number of carbonyl (C=O) groups excluding carboxylic acids is 1. The maximum Gasteiger partial charge on any atom is 0.461 e. The molecule has 3 aromatic carbocycles. The summed E-state index contributed by atoms with van der Waals surface area (Å²) in [5.74, 6) is -3.32. The highest BCUT2D eigenvalue weighted by atomic mass is 19.4. The van der Waals surface area contributed by atoms with Gasteiger partial charge in [0.05, 0.1) is 12.6 Å². The molecule has 0 heterocycles. The van der Waals surface area contributed by atoms with E-state index in [1.807, 2.05) is 0 Å². The maximum absolute atomic E-state index is 14.9. The SMILES string of the molecule is COc1cc([C@@](Cc2ccccc2)(NC(=O)NCC(F)(F)F)c2cc(F)cc(OC(F)(F)C(F)F)c2)ccc1OC(F)F. The zero-order chi connectivity index (χ0) is 32.0. The first-order valence-electron chi connectivity index (χ1n) is 12.0. The summed E-state index contributed by atoms with van der Waals surface area (Å²) in [6, 6.07) is 10.9. The van der Waals surface area contributed by atoms with Crippen LogP contribution in [-0.2, 0) is 12.0 Å². The Kier molecular flexibility index (Phi) is 10.2. The molecule has 6 nitrogen and oxygen atoms in total. The number of halogens is 10. The van der Waals surface area contributed by atoms with E-state index in [0.717, 1.165) is 25.3 Å². The van der Waals surface area contributed by atoms with Gasteiger partial charge in [0.15, 0.2) is 11.5 Å². The molecule has 0 fully saturated rings. The summed E-state index contributed by atoms with van der Waals surface area (Å²) in [4.78, 5) is 12.9. The second-order valence-corrected chi connectivity index (χ2v) is 8.87. The van der Waals surface area contributed by atoms with Crippen molar-refractivity contribution in [3.63, 3.8) is 0 Å². The molecule has 3 rings (SSSR count). The molecule has 0 aliphatic carbocycles. The average molecular weight is 628 g/mol. The summed E-state index contributed by atoms with van der Waals surface area (Å²) < 4.78 is 146. The lowest BCUT2D eigenvalue weighted by Crippen LogP contribution is -2.53. The van der Waals surface area contributed by atoms with Crippen molar-refractivity contribution in [2.24, 2.45) is 0 Å². The minimum absolute atomic E-state index is 0.158. The van der Waals surface area contributed by atoms with Crippen molar-refractivity contribution in [1.82, 2.24) is 10.6 Å². The van der Waals surface area contributed by atoms with E-state index in [1.54, 1.807) is 11.4 Å². The number of methoxy groups -OCH3 is 1. The van der Waals surface area contributed by atoms with Crippen LogP contribution in [0, 0.1) is 5.82 Å². The molecule has 43 heavy (non-hydrogen) atoms. The Morgan fingerprint density at radius 2 is 1.53 bits per heavy atom. The van der Waals surface area contributed by atoms with Crippen LogP contribution in [0.3, 0.4) is 0 Å². The van der Waals surface area contributed by atoms with Crippen molar-refractivity contribution < 1.29 is 62.9 Å². The van der Waals surface area contributed by atoms with Gasteiger partial charge in [-0.05, 0) is 41.0 Å². The van der Waals surface area contributed by atoms with E-state index in [2.05, 4.69) is 14.8 Å². The van der Waals surface area contributed by atoms with Crippen LogP contribution in [0.4, 0.5) is 48.7 Å². The molecule has 3 aromatic rings. The van der Waals surface area contributed by atoms with Crippen molar-refractivity contribution in [2.45, 2.75) is 37.3 Å². The minimum atomic E-state index is -5.08. The molecule has 234 valence electrons. The zero-order valence-corrected chi connectivity index (χ0v) is 21.8. The number of urea groups is 1. The highest BCUT2D eigenvalue weighted by Gasteiger charge is 2.45. The first kappa shape index (κ1) is 33.1. The predicted octanol–water partition coefficient (Wildman–Crippen LogP) is 7.02. The maximum atomic E-state index is 14.9. The van der Waals surface area contributed by atoms with Gasteiger partial charge in [-0.3, -0.25) is 0 Å². The number of rotatable bonds is 12. The fraction of sp³-hybridized carbons (Fsp3) is 0.296. The van der Waals surface area contributed by atoms with Crippen molar-refractivity contribution in [2.75, 3.05) is 13.7 Å². The van der Waals surface area contributed by atoms with Crippen LogP contribution in [0.25, 0.3) is 0 Å². The Hall–Kier alpha value is -4.37. The summed E-state index contributed by atoms with van der Waals surface area (Å²) in [7, 11) is 1.06. The van der Waals surface area contributed by atoms with E-state index >= 15 is 0 Å². The molecule has 0 saturated heterocycles. The van der Waals surface area contributed by atoms with Crippen LogP contribution in [-0.4, -0.2) is 45.0 Å². The Morgan fingerprint density at radius 1 is 0.860 bits per heavy atom. The Morgan fingerprint density at radius 3 is 2.12 bits per heavy atom. The second kappa shape index (κ2) is 13.3. The van der Waals surface area contributed by atoms with Gasteiger partial charge < -0.3 is 24.8 Å². The van der Waals surface area contributed by atoms with Crippen LogP contribution in [0.1, 0.15) is 16.7 Å². The summed E-state index contributed by atoms with van der Waals surface area (Å²) >= 11 is 0. The lowest BCUT2D eigenvalue weighted by Gasteiger charge is -2.37. The standard InChI is InChI=1S/C27H22F10N2O4/c1-41-21-11-16(7-8-20(21)42-23(31)32)25(13-15-5-3-2-4-6-15,39-24(40)38-14-26(33,34)35)17-9-18(28)12-19(10-17)43-27(36,37)22(29)30/h2-12,22-23H,13-14H2,1H3,(H2,38,39,40)/t25-/m1/s1. The van der Waals surface area contributed by atoms with Gasteiger partial charge >= 0.3 is 31.4 Å². The number of hydrogen-bond acceptors (Lipinski definition) is 4. The number of alkyl halides is 9. The van der Waals surface area contributed by atoms with E-state index in [-0.39, 0.29) is 11.3 Å². The van der Waals surface area contributed by atoms with E-state index < -0.39 is 72.7 Å². The molecule has 1 atom stereocenters. The van der Waals surface area contributed by atoms with Gasteiger partial charge in [-0.25, -0.2) is 9.18 Å². The topological polar surface area (TPSA) is 68.8 Å². The minimum Gasteiger partial charge on any atom is -0.493 e. The monoisotopic (exact) mass is 628 g/mol. The average Bonchev–Trinajstić information content (AvgIpc) is 2.91. The molecule has 0 unspecified atom stereocenters. The highest BCUT2D eigenvalue weighted by Crippen LogP contribution is 2.41. The highest BCUT2D eigenvalue weighted by molar-refractivity contribution is 5.76. The molecule has 0 spiro atoms. The number of nitrogens with one attached hydrogen (secondary N) is 2. The fourth-order valence-electron chi connectivity index (χ4n) is 4.08. The van der Waals surface area contributed by atoms with Crippen LogP contribution in [0.15, 0.2) is 66.7 Å².